The summed E-state index contributed by atoms with van der Waals surface area (Å²) in [5.41, 5.74) is 0.0222. The summed E-state index contributed by atoms with van der Waals surface area (Å²) in [4.78, 5) is 47.3. The Morgan fingerprint density at radius 3 is 2.90 bits per heavy atom. The van der Waals surface area contributed by atoms with Gasteiger partial charge in [0.05, 0.1) is 16.3 Å². The number of carboxylic acids is 1. The summed E-state index contributed by atoms with van der Waals surface area (Å²) in [6.45, 7) is 3.44. The molecule has 5 rings (SSSR count). The molecular weight excluding hydrogens is 442 g/mol. The highest BCUT2D eigenvalue weighted by Crippen LogP contribution is 2.40. The fourth-order valence-electron chi connectivity index (χ4n) is 4.35. The highest BCUT2D eigenvalue weighted by molar-refractivity contribution is 7.19. The number of thiophene rings is 1. The molecule has 3 aromatic heterocycles. The number of hydrogen-bond acceptors (Lipinski definition) is 7. The van der Waals surface area contributed by atoms with Crippen molar-refractivity contribution in [3.8, 4) is 0 Å². The first kappa shape index (κ1) is 20.0. The monoisotopic (exact) mass is 459 g/mol. The van der Waals surface area contributed by atoms with Gasteiger partial charge in [0, 0.05) is 4.88 Å². The molecule has 31 heavy (non-hydrogen) atoms. The summed E-state index contributed by atoms with van der Waals surface area (Å²) in [6.07, 6.45) is 3.00. The number of aryl methyl sites for hydroxylation is 1. The number of carbonyl (C=O) groups excluding carboxylic acids is 1. The summed E-state index contributed by atoms with van der Waals surface area (Å²) in [5, 5.41) is 16.2. The van der Waals surface area contributed by atoms with Crippen LogP contribution in [0.3, 0.4) is 0 Å². The molecule has 3 aromatic rings. The third-order valence-corrected chi connectivity index (χ3v) is 7.25. The van der Waals surface area contributed by atoms with Gasteiger partial charge in [0.2, 0.25) is 0 Å². The number of anilines is 2. The molecule has 0 radical (unpaired) electrons. The van der Waals surface area contributed by atoms with E-state index in [0.29, 0.717) is 25.1 Å². The van der Waals surface area contributed by atoms with Crippen LogP contribution >= 0.6 is 22.9 Å². The summed E-state index contributed by atoms with van der Waals surface area (Å²) in [5.74, 6) is -1.14. The number of rotatable bonds is 3. The maximum absolute atomic E-state index is 13.2. The van der Waals surface area contributed by atoms with Crippen molar-refractivity contribution in [2.24, 2.45) is 5.92 Å². The van der Waals surface area contributed by atoms with Crippen LogP contribution in [0.1, 0.15) is 41.2 Å². The zero-order valence-corrected chi connectivity index (χ0v) is 18.2. The molecule has 1 aliphatic heterocycles. The zero-order chi connectivity index (χ0) is 22.1. The van der Waals surface area contributed by atoms with E-state index in [9.17, 15) is 19.5 Å². The van der Waals surface area contributed by atoms with Gasteiger partial charge < -0.3 is 15.7 Å². The molecule has 0 saturated carbocycles. The van der Waals surface area contributed by atoms with E-state index in [1.807, 2.05) is 0 Å². The van der Waals surface area contributed by atoms with E-state index in [-0.39, 0.29) is 16.4 Å². The number of pyridine rings is 1. The molecule has 0 fully saturated rings. The Hall–Kier alpha value is -2.98. The van der Waals surface area contributed by atoms with Crippen molar-refractivity contribution in [1.82, 2.24) is 19.9 Å². The molecule has 0 spiro atoms. The van der Waals surface area contributed by atoms with Gasteiger partial charge in [-0.1, -0.05) is 11.6 Å². The number of hydrogen-bond donors (Lipinski definition) is 3. The molecule has 0 aromatic carbocycles. The molecule has 0 saturated heterocycles. The van der Waals surface area contributed by atoms with Crippen LogP contribution in [0.5, 0.6) is 0 Å². The second kappa shape index (κ2) is 6.76. The highest BCUT2D eigenvalue weighted by Gasteiger charge is 2.38. The van der Waals surface area contributed by atoms with Crippen LogP contribution in [0.15, 0.2) is 17.2 Å². The van der Waals surface area contributed by atoms with Gasteiger partial charge in [-0.05, 0) is 44.7 Å². The fourth-order valence-corrected chi connectivity index (χ4v) is 5.90. The van der Waals surface area contributed by atoms with Gasteiger partial charge in [-0.3, -0.25) is 19.0 Å². The molecule has 2 aliphatic rings. The summed E-state index contributed by atoms with van der Waals surface area (Å²) < 4.78 is 1.35. The Kier molecular flexibility index (Phi) is 4.35. The third-order valence-electron chi connectivity index (χ3n) is 5.80. The summed E-state index contributed by atoms with van der Waals surface area (Å²) in [6, 6.07) is 1.43. The zero-order valence-electron chi connectivity index (χ0n) is 16.7. The number of carbonyl (C=O) groups is 2. The molecule has 0 bridgehead atoms. The van der Waals surface area contributed by atoms with Crippen molar-refractivity contribution in [2.75, 3.05) is 5.32 Å². The van der Waals surface area contributed by atoms with Gasteiger partial charge in [-0.2, -0.15) is 0 Å². The quantitative estimate of drug-likeness (QED) is 0.549. The number of halogens is 1. The fraction of sp³-hybridized carbons (Fsp3) is 0.350. The van der Waals surface area contributed by atoms with Crippen LogP contribution in [0, 0.1) is 5.92 Å². The first-order valence-corrected chi connectivity index (χ1v) is 10.9. The van der Waals surface area contributed by atoms with Crippen LogP contribution < -0.4 is 16.2 Å². The maximum Gasteiger partial charge on any atom is 0.306 e. The number of aromatic nitrogens is 3. The standard InChI is InChI=1S/C20H18ClN5O4S/c1-20(2)25-16(27)14-10(21)6-11(18(28)26(14)20)24-15-13-9-4-3-8(19(29)30)5-12(9)31-17(13)23-7-22-15/h6-8H,3-5H2,1-2H3,(H,25,27)(H,29,30)(H,22,23,24)/t8-/m0/s1. The van der Waals surface area contributed by atoms with E-state index in [4.69, 9.17) is 11.6 Å². The van der Waals surface area contributed by atoms with E-state index in [2.05, 4.69) is 20.6 Å². The number of amides is 1. The molecular formula is C20H18ClN5O4S. The molecule has 4 heterocycles. The summed E-state index contributed by atoms with van der Waals surface area (Å²) in [7, 11) is 0. The van der Waals surface area contributed by atoms with Crippen molar-refractivity contribution in [3.63, 3.8) is 0 Å². The minimum atomic E-state index is -0.917. The Balaban J connectivity index is 1.62. The second-order valence-electron chi connectivity index (χ2n) is 8.22. The SMILES string of the molecule is CC1(C)NC(=O)c2c(Cl)cc(Nc3ncnc4sc5c(c34)CC[C@H](C(=O)O)C5)c(=O)n21. The van der Waals surface area contributed by atoms with Crippen molar-refractivity contribution in [2.45, 2.75) is 38.8 Å². The predicted octanol–water partition coefficient (Wildman–Crippen LogP) is 2.88. The first-order chi connectivity index (χ1) is 14.7. The molecule has 1 aliphatic carbocycles. The lowest BCUT2D eigenvalue weighted by Crippen LogP contribution is -2.42. The average molecular weight is 460 g/mol. The highest BCUT2D eigenvalue weighted by atomic mass is 35.5. The van der Waals surface area contributed by atoms with Gasteiger partial charge in [0.1, 0.15) is 34.0 Å². The lowest BCUT2D eigenvalue weighted by molar-refractivity contribution is -0.142. The number of nitrogens with zero attached hydrogens (tertiary/aromatic N) is 3. The van der Waals surface area contributed by atoms with Crippen LogP contribution in [0.25, 0.3) is 10.2 Å². The Labute approximate surface area is 185 Å². The van der Waals surface area contributed by atoms with Gasteiger partial charge in [-0.15, -0.1) is 11.3 Å². The van der Waals surface area contributed by atoms with E-state index >= 15 is 0 Å². The number of nitrogens with one attached hydrogen (secondary N) is 2. The van der Waals surface area contributed by atoms with E-state index in [1.54, 1.807) is 13.8 Å². The van der Waals surface area contributed by atoms with Crippen molar-refractivity contribution in [1.29, 1.82) is 0 Å². The lowest BCUT2D eigenvalue weighted by atomic mass is 9.88. The minimum Gasteiger partial charge on any atom is -0.481 e. The van der Waals surface area contributed by atoms with E-state index in [1.165, 1.54) is 28.3 Å². The van der Waals surface area contributed by atoms with E-state index in [0.717, 1.165) is 20.7 Å². The first-order valence-electron chi connectivity index (χ1n) is 9.71. The van der Waals surface area contributed by atoms with Crippen molar-refractivity contribution < 1.29 is 14.7 Å². The lowest BCUT2D eigenvalue weighted by Gasteiger charge is -2.22. The Bertz CT molecular complexity index is 1350. The Morgan fingerprint density at radius 2 is 2.16 bits per heavy atom. The topological polar surface area (TPSA) is 126 Å². The largest absolute Gasteiger partial charge is 0.481 e. The van der Waals surface area contributed by atoms with Crippen LogP contribution in [-0.4, -0.2) is 31.5 Å². The van der Waals surface area contributed by atoms with Gasteiger partial charge in [0.15, 0.2) is 0 Å². The molecule has 1 atom stereocenters. The van der Waals surface area contributed by atoms with Gasteiger partial charge in [-0.25, -0.2) is 9.97 Å². The molecule has 0 unspecified atom stereocenters. The number of aliphatic carboxylic acids is 1. The predicted molar refractivity (Wildman–Crippen MR) is 116 cm³/mol. The van der Waals surface area contributed by atoms with Gasteiger partial charge >= 0.3 is 5.97 Å². The summed E-state index contributed by atoms with van der Waals surface area (Å²) >= 11 is 7.80. The van der Waals surface area contributed by atoms with Crippen LogP contribution in [-0.2, 0) is 23.3 Å². The molecule has 11 heteroatoms. The molecule has 160 valence electrons. The third kappa shape index (κ3) is 3.01. The maximum atomic E-state index is 13.2. The van der Waals surface area contributed by atoms with Crippen molar-refractivity contribution in [3.05, 3.63) is 43.9 Å². The molecule has 1 amide bonds. The molecule has 3 N–H and O–H groups in total. The number of fused-ring (bicyclic) bond motifs is 4. The minimum absolute atomic E-state index is 0.127. The van der Waals surface area contributed by atoms with Crippen LogP contribution in [0.2, 0.25) is 5.02 Å². The average Bonchev–Trinajstić information content (AvgIpc) is 3.19. The van der Waals surface area contributed by atoms with Gasteiger partial charge in [0.25, 0.3) is 11.5 Å². The Morgan fingerprint density at radius 1 is 1.39 bits per heavy atom. The smallest absolute Gasteiger partial charge is 0.306 e. The van der Waals surface area contributed by atoms with E-state index < -0.39 is 29.0 Å². The van der Waals surface area contributed by atoms with Crippen molar-refractivity contribution >= 4 is 56.5 Å². The van der Waals surface area contributed by atoms with Crippen LogP contribution in [0.4, 0.5) is 11.5 Å². The second-order valence-corrected chi connectivity index (χ2v) is 9.71. The normalized spacial score (nSPS) is 19.1. The molecule has 9 nitrogen and oxygen atoms in total. The number of carboxylic acid groups (broad SMARTS) is 1.